The number of nitrogens with zero attached hydrogens (tertiary/aromatic N) is 2. The van der Waals surface area contributed by atoms with E-state index in [1.165, 1.54) is 0 Å². The molecule has 0 saturated carbocycles. The molecule has 1 aromatic rings. The zero-order valence-electron chi connectivity index (χ0n) is 8.20. The van der Waals surface area contributed by atoms with Crippen LogP contribution < -0.4 is 0 Å². The predicted molar refractivity (Wildman–Crippen MR) is 53.9 cm³/mol. The Morgan fingerprint density at radius 3 is 2.85 bits per heavy atom. The number of hydrogen-bond acceptors (Lipinski definition) is 4. The maximum atomic E-state index is 10.8. The summed E-state index contributed by atoms with van der Waals surface area (Å²) in [7, 11) is 1.93. The molecule has 0 aliphatic rings. The molecule has 0 atom stereocenters. The minimum atomic E-state index is 0.189. The lowest BCUT2D eigenvalue weighted by Crippen LogP contribution is -2.23. The summed E-state index contributed by atoms with van der Waals surface area (Å²) in [5, 5.41) is 3.11. The second-order valence-corrected chi connectivity index (χ2v) is 4.29. The van der Waals surface area contributed by atoms with Crippen LogP contribution in [0.4, 0.5) is 0 Å². The first-order chi connectivity index (χ1) is 6.08. The number of rotatable bonds is 4. The number of likely N-dealkylation sites (N-methyl/N-ethyl adjacent to an activating group) is 1. The fraction of sp³-hybridized carbons (Fsp3) is 0.556. The van der Waals surface area contributed by atoms with Crippen LogP contribution in [0.15, 0.2) is 5.38 Å². The summed E-state index contributed by atoms with van der Waals surface area (Å²) in [5.41, 5.74) is 1.05. The third-order valence-corrected chi connectivity index (χ3v) is 2.41. The van der Waals surface area contributed by atoms with E-state index < -0.39 is 0 Å². The fourth-order valence-corrected chi connectivity index (χ4v) is 1.80. The average Bonchev–Trinajstić information content (AvgIpc) is 2.33. The molecule has 1 rings (SSSR count). The van der Waals surface area contributed by atoms with Gasteiger partial charge in [-0.05, 0) is 20.9 Å². The molecule has 0 fully saturated rings. The van der Waals surface area contributed by atoms with E-state index >= 15 is 0 Å². The fourth-order valence-electron chi connectivity index (χ4n) is 1.19. The van der Waals surface area contributed by atoms with Crippen molar-refractivity contribution in [2.75, 3.05) is 13.6 Å². The summed E-state index contributed by atoms with van der Waals surface area (Å²) in [6.45, 7) is 4.84. The van der Waals surface area contributed by atoms with E-state index in [-0.39, 0.29) is 5.78 Å². The van der Waals surface area contributed by atoms with Crippen LogP contribution in [0.5, 0.6) is 0 Å². The Bertz CT molecular complexity index is 296. The number of ketones is 1. The Balaban J connectivity index is 2.44. The van der Waals surface area contributed by atoms with Crippen molar-refractivity contribution in [3.05, 3.63) is 16.1 Å². The standard InChI is InChI=1S/C9H14N2OS/c1-7(12)4-11(3)5-9-6-13-8(2)10-9/h6H,4-5H2,1-3H3. The smallest absolute Gasteiger partial charge is 0.143 e. The van der Waals surface area contributed by atoms with E-state index in [9.17, 15) is 4.79 Å². The Morgan fingerprint density at radius 1 is 1.69 bits per heavy atom. The molecule has 0 radical (unpaired) electrons. The van der Waals surface area contributed by atoms with Crippen LogP contribution in [0.3, 0.4) is 0 Å². The van der Waals surface area contributed by atoms with Crippen molar-refractivity contribution < 1.29 is 4.79 Å². The van der Waals surface area contributed by atoms with E-state index in [1.54, 1.807) is 18.3 Å². The molecule has 0 spiro atoms. The Morgan fingerprint density at radius 2 is 2.38 bits per heavy atom. The zero-order valence-corrected chi connectivity index (χ0v) is 9.02. The van der Waals surface area contributed by atoms with Gasteiger partial charge >= 0.3 is 0 Å². The first-order valence-corrected chi connectivity index (χ1v) is 5.05. The van der Waals surface area contributed by atoms with Gasteiger partial charge < -0.3 is 0 Å². The summed E-state index contributed by atoms with van der Waals surface area (Å²) in [6.07, 6.45) is 0. The van der Waals surface area contributed by atoms with Crippen LogP contribution in [0.2, 0.25) is 0 Å². The molecule has 72 valence electrons. The lowest BCUT2D eigenvalue weighted by atomic mass is 10.4. The van der Waals surface area contributed by atoms with Crippen LogP contribution in [0, 0.1) is 6.92 Å². The highest BCUT2D eigenvalue weighted by molar-refractivity contribution is 7.09. The molecule has 0 amide bonds. The molecule has 0 N–H and O–H groups in total. The van der Waals surface area contributed by atoms with Crippen molar-refractivity contribution in [3.8, 4) is 0 Å². The lowest BCUT2D eigenvalue weighted by Gasteiger charge is -2.12. The lowest BCUT2D eigenvalue weighted by molar-refractivity contribution is -0.117. The number of hydrogen-bond donors (Lipinski definition) is 0. The van der Waals surface area contributed by atoms with Crippen LogP contribution in [-0.2, 0) is 11.3 Å². The molecule has 0 aliphatic carbocycles. The first-order valence-electron chi connectivity index (χ1n) is 4.17. The van der Waals surface area contributed by atoms with Gasteiger partial charge in [-0.15, -0.1) is 11.3 Å². The van der Waals surface area contributed by atoms with Crippen LogP contribution in [0.1, 0.15) is 17.6 Å². The van der Waals surface area contributed by atoms with Gasteiger partial charge in [0.05, 0.1) is 17.2 Å². The Kier molecular flexibility index (Phi) is 3.57. The van der Waals surface area contributed by atoms with Crippen molar-refractivity contribution in [3.63, 3.8) is 0 Å². The van der Waals surface area contributed by atoms with Gasteiger partial charge in [0.25, 0.3) is 0 Å². The van der Waals surface area contributed by atoms with Crippen molar-refractivity contribution in [1.82, 2.24) is 9.88 Å². The topological polar surface area (TPSA) is 33.2 Å². The average molecular weight is 198 g/mol. The molecule has 0 bridgehead atoms. The Labute approximate surface area is 82.4 Å². The second-order valence-electron chi connectivity index (χ2n) is 3.23. The van der Waals surface area contributed by atoms with Crippen LogP contribution in [-0.4, -0.2) is 29.3 Å². The molecule has 0 aromatic carbocycles. The largest absolute Gasteiger partial charge is 0.299 e. The van der Waals surface area contributed by atoms with E-state index in [0.29, 0.717) is 6.54 Å². The molecule has 4 heteroatoms. The van der Waals surface area contributed by atoms with E-state index in [4.69, 9.17) is 0 Å². The number of aromatic nitrogens is 1. The highest BCUT2D eigenvalue weighted by atomic mass is 32.1. The number of carbonyl (C=O) groups excluding carboxylic acids is 1. The van der Waals surface area contributed by atoms with Gasteiger partial charge in [0, 0.05) is 11.9 Å². The highest BCUT2D eigenvalue weighted by Crippen LogP contribution is 2.09. The third-order valence-electron chi connectivity index (χ3n) is 1.59. The van der Waals surface area contributed by atoms with Crippen molar-refractivity contribution in [2.24, 2.45) is 0 Å². The van der Waals surface area contributed by atoms with E-state index in [1.807, 2.05) is 24.3 Å². The van der Waals surface area contributed by atoms with Gasteiger partial charge in [-0.2, -0.15) is 0 Å². The minimum absolute atomic E-state index is 0.189. The first kappa shape index (κ1) is 10.3. The number of Topliss-reactive ketones (excluding diaryl/α,β-unsaturated/α-hetero) is 1. The predicted octanol–water partition coefficient (Wildman–Crippen LogP) is 1.47. The summed E-state index contributed by atoms with van der Waals surface area (Å²) in [4.78, 5) is 17.1. The molecule has 0 aliphatic heterocycles. The van der Waals surface area contributed by atoms with Crippen molar-refractivity contribution >= 4 is 17.1 Å². The van der Waals surface area contributed by atoms with Gasteiger partial charge in [0.15, 0.2) is 0 Å². The molecule has 13 heavy (non-hydrogen) atoms. The molecular formula is C9H14N2OS. The van der Waals surface area contributed by atoms with Gasteiger partial charge in [0.1, 0.15) is 5.78 Å². The summed E-state index contributed by atoms with van der Waals surface area (Å²) in [5.74, 6) is 0.189. The third kappa shape index (κ3) is 3.65. The highest BCUT2D eigenvalue weighted by Gasteiger charge is 2.04. The van der Waals surface area contributed by atoms with E-state index in [0.717, 1.165) is 17.2 Å². The van der Waals surface area contributed by atoms with E-state index in [2.05, 4.69) is 4.98 Å². The normalized spacial score (nSPS) is 10.8. The SMILES string of the molecule is CC(=O)CN(C)Cc1csc(C)n1. The molecule has 0 unspecified atom stereocenters. The monoisotopic (exact) mass is 198 g/mol. The van der Waals surface area contributed by atoms with Gasteiger partial charge in [-0.1, -0.05) is 0 Å². The maximum absolute atomic E-state index is 10.8. The van der Waals surface area contributed by atoms with Gasteiger partial charge in [-0.25, -0.2) is 4.98 Å². The summed E-state index contributed by atoms with van der Waals surface area (Å²) in [6, 6.07) is 0. The van der Waals surface area contributed by atoms with Crippen LogP contribution in [0.25, 0.3) is 0 Å². The number of thiazole rings is 1. The van der Waals surface area contributed by atoms with Gasteiger partial charge in [-0.3, -0.25) is 9.69 Å². The molecule has 0 saturated heterocycles. The summed E-state index contributed by atoms with van der Waals surface area (Å²) < 4.78 is 0. The number of carbonyl (C=O) groups is 1. The number of aryl methyl sites for hydroxylation is 1. The quantitative estimate of drug-likeness (QED) is 0.734. The minimum Gasteiger partial charge on any atom is -0.299 e. The Hall–Kier alpha value is -0.740. The van der Waals surface area contributed by atoms with Crippen molar-refractivity contribution in [2.45, 2.75) is 20.4 Å². The van der Waals surface area contributed by atoms with Crippen LogP contribution >= 0.6 is 11.3 Å². The second kappa shape index (κ2) is 4.48. The molecular weight excluding hydrogens is 184 g/mol. The zero-order chi connectivity index (χ0) is 9.84. The molecule has 3 nitrogen and oxygen atoms in total. The molecule has 1 heterocycles. The molecule has 1 aromatic heterocycles. The van der Waals surface area contributed by atoms with Gasteiger partial charge in [0.2, 0.25) is 0 Å². The maximum Gasteiger partial charge on any atom is 0.143 e. The van der Waals surface area contributed by atoms with Crippen molar-refractivity contribution in [1.29, 1.82) is 0 Å². The summed E-state index contributed by atoms with van der Waals surface area (Å²) >= 11 is 1.64.